The van der Waals surface area contributed by atoms with Crippen molar-refractivity contribution < 1.29 is 15.0 Å². The van der Waals surface area contributed by atoms with Gasteiger partial charge in [-0.2, -0.15) is 0 Å². The molecule has 0 saturated carbocycles. The van der Waals surface area contributed by atoms with Gasteiger partial charge in [0.05, 0.1) is 11.8 Å². The zero-order valence-corrected chi connectivity index (χ0v) is 12.7. The third-order valence-corrected chi connectivity index (χ3v) is 6.07. The Hall–Kier alpha value is -2.31. The van der Waals surface area contributed by atoms with Gasteiger partial charge in [-0.1, -0.05) is 24.3 Å². The first-order valence-corrected chi connectivity index (χ1v) is 8.28. The van der Waals surface area contributed by atoms with Crippen molar-refractivity contribution in [2.75, 3.05) is 0 Å². The molecule has 1 aliphatic carbocycles. The number of hydrogen-bond donors (Lipinski definition) is 3. The molecule has 2 aliphatic rings. The molecule has 2 aromatic rings. The summed E-state index contributed by atoms with van der Waals surface area (Å²) >= 11 is 0. The van der Waals surface area contributed by atoms with Crippen molar-refractivity contribution in [3.8, 4) is 0 Å². The van der Waals surface area contributed by atoms with E-state index in [0.717, 1.165) is 21.2 Å². The van der Waals surface area contributed by atoms with E-state index in [-0.39, 0.29) is 5.69 Å². The molecule has 0 fully saturated rings. The van der Waals surface area contributed by atoms with Crippen LogP contribution in [-0.2, 0) is 0 Å². The predicted octanol–water partition coefficient (Wildman–Crippen LogP) is 2.78. The molecule has 22 heavy (non-hydrogen) atoms. The van der Waals surface area contributed by atoms with E-state index in [9.17, 15) is 15.0 Å². The highest BCUT2D eigenvalue weighted by atomic mass is 32.2. The second kappa shape index (κ2) is 4.59. The van der Waals surface area contributed by atoms with Gasteiger partial charge in [-0.3, -0.25) is 4.57 Å². The molecule has 0 bridgehead atoms. The van der Waals surface area contributed by atoms with Crippen molar-refractivity contribution in [2.24, 2.45) is 0 Å². The maximum Gasteiger partial charge on any atom is 0.354 e. The number of fused-ring (bicyclic) bond motifs is 2. The van der Waals surface area contributed by atoms with Gasteiger partial charge in [0.1, 0.15) is 0 Å². The number of nitrogens with zero attached hydrogens (tertiary/aromatic N) is 2. The Morgan fingerprint density at radius 2 is 2.14 bits per heavy atom. The summed E-state index contributed by atoms with van der Waals surface area (Å²) in [5.74, 6) is -0.974. The summed E-state index contributed by atoms with van der Waals surface area (Å²) in [5.41, 5.74) is 2.65. The van der Waals surface area contributed by atoms with Crippen molar-refractivity contribution >= 4 is 28.0 Å². The molecule has 0 spiro atoms. The Labute approximate surface area is 129 Å². The van der Waals surface area contributed by atoms with Gasteiger partial charge in [0, 0.05) is 11.1 Å². The van der Waals surface area contributed by atoms with Gasteiger partial charge in [-0.15, -0.1) is 10.9 Å². The van der Waals surface area contributed by atoms with Crippen LogP contribution in [0.1, 0.15) is 33.4 Å². The molecule has 0 saturated heterocycles. The molecule has 2 heterocycles. The average Bonchev–Trinajstić information content (AvgIpc) is 3.11. The molecular weight excluding hydrogens is 300 g/mol. The summed E-state index contributed by atoms with van der Waals surface area (Å²) in [6.45, 7) is 1.71. The number of imidazole rings is 1. The molecule has 0 radical (unpaired) electrons. The van der Waals surface area contributed by atoms with E-state index in [2.05, 4.69) is 4.98 Å². The maximum absolute atomic E-state index is 11.4. The van der Waals surface area contributed by atoms with Gasteiger partial charge < -0.3 is 10.2 Å². The smallest absolute Gasteiger partial charge is 0.354 e. The highest BCUT2D eigenvalue weighted by Gasteiger charge is 2.31. The van der Waals surface area contributed by atoms with E-state index in [1.54, 1.807) is 17.7 Å². The molecule has 6 heteroatoms. The van der Waals surface area contributed by atoms with Crippen LogP contribution < -0.4 is 0 Å². The number of carboxylic acid groups (broad SMARTS) is 1. The van der Waals surface area contributed by atoms with E-state index in [1.807, 2.05) is 35.7 Å². The Bertz CT molecular complexity index is 866. The first-order chi connectivity index (χ1) is 10.6. The molecule has 0 amide bonds. The predicted molar refractivity (Wildman–Crippen MR) is 85.9 cm³/mol. The van der Waals surface area contributed by atoms with Crippen molar-refractivity contribution in [1.29, 1.82) is 0 Å². The summed E-state index contributed by atoms with van der Waals surface area (Å²) in [7, 11) is -0.886. The van der Waals surface area contributed by atoms with E-state index < -0.39 is 23.0 Å². The van der Waals surface area contributed by atoms with Gasteiger partial charge in [0.15, 0.2) is 10.9 Å². The Morgan fingerprint density at radius 3 is 2.91 bits per heavy atom. The van der Waals surface area contributed by atoms with Crippen LogP contribution in [0, 0.1) is 6.92 Å². The first kappa shape index (κ1) is 13.4. The molecular formula is C16H14N2O3S. The van der Waals surface area contributed by atoms with Crippen molar-refractivity contribution in [1.82, 2.24) is 9.55 Å². The molecule has 1 aliphatic heterocycles. The van der Waals surface area contributed by atoms with Crippen molar-refractivity contribution in [3.05, 3.63) is 58.3 Å². The molecule has 4 rings (SSSR count). The minimum Gasteiger partial charge on any atom is -0.477 e. The number of aromatic nitrogens is 2. The summed E-state index contributed by atoms with van der Waals surface area (Å²) in [5, 5.41) is 22.3. The van der Waals surface area contributed by atoms with Crippen LogP contribution in [0.2, 0.25) is 0 Å². The fraction of sp³-hybridized carbons (Fsp3) is 0.125. The monoisotopic (exact) mass is 314 g/mol. The average molecular weight is 314 g/mol. The molecule has 1 aromatic heterocycles. The van der Waals surface area contributed by atoms with E-state index >= 15 is 0 Å². The van der Waals surface area contributed by atoms with Crippen LogP contribution in [0.4, 0.5) is 0 Å². The van der Waals surface area contributed by atoms with Crippen molar-refractivity contribution in [3.63, 3.8) is 0 Å². The quantitative estimate of drug-likeness (QED) is 0.745. The Kier molecular flexibility index (Phi) is 2.79. The normalized spacial score (nSPS) is 23.3. The number of aryl methyl sites for hydroxylation is 1. The maximum atomic E-state index is 11.4. The van der Waals surface area contributed by atoms with E-state index in [0.29, 0.717) is 5.69 Å². The molecule has 1 aromatic carbocycles. The molecule has 2 N–H and O–H groups in total. The lowest BCUT2D eigenvalue weighted by molar-refractivity contribution is 0.0687. The number of carboxylic acids is 1. The number of thiol groups is 1. The topological polar surface area (TPSA) is 75.4 Å². The lowest BCUT2D eigenvalue weighted by Gasteiger charge is -2.15. The zero-order valence-electron chi connectivity index (χ0n) is 11.8. The number of benzene rings is 1. The lowest BCUT2D eigenvalue weighted by Crippen LogP contribution is -2.04. The fourth-order valence-corrected chi connectivity index (χ4v) is 5.21. The van der Waals surface area contributed by atoms with Crippen LogP contribution in [0.3, 0.4) is 0 Å². The van der Waals surface area contributed by atoms with Gasteiger partial charge >= 0.3 is 5.97 Å². The van der Waals surface area contributed by atoms with Crippen LogP contribution in [0.25, 0.3) is 11.1 Å². The summed E-state index contributed by atoms with van der Waals surface area (Å²) in [6, 6.07) is 7.76. The first-order valence-electron chi connectivity index (χ1n) is 6.87. The van der Waals surface area contributed by atoms with Gasteiger partial charge in [0.2, 0.25) is 0 Å². The van der Waals surface area contributed by atoms with Gasteiger partial charge in [-0.25, -0.2) is 9.78 Å². The van der Waals surface area contributed by atoms with E-state index in [1.165, 1.54) is 0 Å². The summed E-state index contributed by atoms with van der Waals surface area (Å²) in [4.78, 5) is 16.9. The van der Waals surface area contributed by atoms with Gasteiger partial charge in [-0.05, 0) is 29.5 Å². The highest BCUT2D eigenvalue weighted by molar-refractivity contribution is 8.27. The minimum atomic E-state index is -0.974. The van der Waals surface area contributed by atoms with Crippen LogP contribution in [0.15, 0.2) is 40.9 Å². The third kappa shape index (κ3) is 1.71. The number of hydrogen-bond acceptors (Lipinski definition) is 3. The second-order valence-electron chi connectivity index (χ2n) is 5.27. The number of rotatable bonds is 2. The number of aliphatic hydroxyl groups is 1. The minimum absolute atomic E-state index is 0.212. The number of aromatic carboxylic acids is 1. The summed E-state index contributed by atoms with van der Waals surface area (Å²) < 4.78 is 1.65. The van der Waals surface area contributed by atoms with E-state index in [4.69, 9.17) is 0 Å². The van der Waals surface area contributed by atoms with Crippen LogP contribution >= 0.6 is 10.9 Å². The zero-order chi connectivity index (χ0) is 15.4. The fourth-order valence-electron chi connectivity index (χ4n) is 3.02. The molecule has 112 valence electrons. The lowest BCUT2D eigenvalue weighted by atomic mass is 10.1. The number of carbonyl (C=O) groups is 1. The van der Waals surface area contributed by atoms with Crippen LogP contribution in [0.5, 0.6) is 0 Å². The molecule has 5 nitrogen and oxygen atoms in total. The number of aliphatic hydroxyl groups excluding tert-OH is 1. The second-order valence-corrected chi connectivity index (χ2v) is 7.19. The third-order valence-electron chi connectivity index (χ3n) is 3.98. The Morgan fingerprint density at radius 1 is 1.36 bits per heavy atom. The van der Waals surface area contributed by atoms with Gasteiger partial charge in [0.25, 0.3) is 0 Å². The molecule has 2 unspecified atom stereocenters. The Balaban J connectivity index is 1.84. The SMILES string of the molecule is Cc1nc2n(c1C(=O)O)C=C[SH]2C1=CC(O)c2ccccc21. The highest BCUT2D eigenvalue weighted by Crippen LogP contribution is 2.57. The standard InChI is InChI=1S/C16H14N2O3S/c1-9-14(15(20)21)18-6-7-22(16(18)17-9)13-8-12(19)10-4-2-3-5-11(10)13/h2-8,12,19,22H,1H3,(H,20,21). The summed E-state index contributed by atoms with van der Waals surface area (Å²) in [6.07, 6.45) is 3.02. The van der Waals surface area contributed by atoms with Crippen molar-refractivity contribution in [2.45, 2.75) is 18.2 Å². The largest absolute Gasteiger partial charge is 0.477 e. The van der Waals surface area contributed by atoms with Crippen LogP contribution in [-0.4, -0.2) is 25.7 Å². The molecule has 2 atom stereocenters.